The van der Waals surface area contributed by atoms with Crippen molar-refractivity contribution < 1.29 is 41.0 Å². The van der Waals surface area contributed by atoms with Crippen molar-refractivity contribution in [2.75, 3.05) is 26.6 Å². The lowest BCUT2D eigenvalue weighted by Crippen LogP contribution is -2.20. The molecule has 10 nitrogen and oxygen atoms in total. The van der Waals surface area contributed by atoms with E-state index in [1.54, 1.807) is 18.2 Å². The highest BCUT2D eigenvalue weighted by molar-refractivity contribution is 7.99. The molecule has 0 fully saturated rings. The molecule has 4 aromatic rings. The van der Waals surface area contributed by atoms with E-state index in [0.717, 1.165) is 34.8 Å². The van der Waals surface area contributed by atoms with Gasteiger partial charge in [-0.2, -0.15) is 20.2 Å². The van der Waals surface area contributed by atoms with Gasteiger partial charge in [0.15, 0.2) is 6.61 Å². The van der Waals surface area contributed by atoms with E-state index in [0.29, 0.717) is 16.3 Å². The number of aliphatic hydroxyl groups is 1. The third kappa shape index (κ3) is 10.0. The van der Waals surface area contributed by atoms with Gasteiger partial charge in [0.25, 0.3) is 0 Å². The third-order valence-electron chi connectivity index (χ3n) is 6.43. The fraction of sp³-hybridized carbons (Fsp3) is 0.219. The van der Waals surface area contributed by atoms with Gasteiger partial charge in [0.1, 0.15) is 5.75 Å². The summed E-state index contributed by atoms with van der Waals surface area (Å²) in [7, 11) is -2.28. The van der Waals surface area contributed by atoms with Gasteiger partial charge < -0.3 is 18.8 Å². The first-order valence-corrected chi connectivity index (χ1v) is 16.3. The molecule has 45 heavy (non-hydrogen) atoms. The van der Waals surface area contributed by atoms with Gasteiger partial charge in [-0.15, -0.1) is 0 Å². The zero-order valence-electron chi connectivity index (χ0n) is 24.3. The SMILES string of the molecule is COC(=O)CCSC(c1cccc(C=Cc2ccc3ccc(Cl)cc3n2)c1)C(O)c1cccc(OCC(=O)OS(=O)(=O)OC)c1. The van der Waals surface area contributed by atoms with Crippen LogP contribution in [-0.2, 0) is 33.1 Å². The molecule has 0 spiro atoms. The molecule has 1 aromatic heterocycles. The number of pyridine rings is 1. The van der Waals surface area contributed by atoms with Crippen LogP contribution in [0, 0.1) is 0 Å². The van der Waals surface area contributed by atoms with Crippen LogP contribution in [0.4, 0.5) is 0 Å². The first-order valence-electron chi connectivity index (χ1n) is 13.5. The van der Waals surface area contributed by atoms with Crippen molar-refractivity contribution in [3.8, 4) is 5.75 Å². The quantitative estimate of drug-likeness (QED) is 0.159. The Balaban J connectivity index is 1.55. The van der Waals surface area contributed by atoms with Crippen LogP contribution >= 0.6 is 23.4 Å². The van der Waals surface area contributed by atoms with Crippen LogP contribution in [0.25, 0.3) is 23.1 Å². The summed E-state index contributed by atoms with van der Waals surface area (Å²) in [6.07, 6.45) is 2.90. The molecule has 13 heteroatoms. The van der Waals surface area contributed by atoms with Crippen molar-refractivity contribution in [2.24, 2.45) is 0 Å². The van der Waals surface area contributed by atoms with Gasteiger partial charge >= 0.3 is 22.3 Å². The lowest BCUT2D eigenvalue weighted by molar-refractivity contribution is -0.140. The summed E-state index contributed by atoms with van der Waals surface area (Å²) < 4.78 is 41.1. The average molecular weight is 672 g/mol. The molecule has 1 heterocycles. The topological polar surface area (TPSA) is 138 Å². The number of methoxy groups -OCH3 is 1. The van der Waals surface area contributed by atoms with Crippen LogP contribution in [0.15, 0.2) is 78.9 Å². The largest absolute Gasteiger partial charge is 0.482 e. The fourth-order valence-electron chi connectivity index (χ4n) is 4.24. The number of carbonyl (C=O) groups is 2. The fourth-order valence-corrected chi connectivity index (χ4v) is 5.97. The van der Waals surface area contributed by atoms with E-state index < -0.39 is 34.3 Å². The minimum absolute atomic E-state index is 0.150. The summed E-state index contributed by atoms with van der Waals surface area (Å²) >= 11 is 7.51. The number of aromatic nitrogens is 1. The summed E-state index contributed by atoms with van der Waals surface area (Å²) in [5, 5.41) is 12.6. The molecular weight excluding hydrogens is 642 g/mol. The molecule has 2 unspecified atom stereocenters. The van der Waals surface area contributed by atoms with Crippen LogP contribution < -0.4 is 4.74 Å². The molecule has 236 valence electrons. The molecule has 0 aliphatic rings. The van der Waals surface area contributed by atoms with Gasteiger partial charge in [0, 0.05) is 16.2 Å². The zero-order chi connectivity index (χ0) is 32.4. The van der Waals surface area contributed by atoms with E-state index in [-0.39, 0.29) is 18.1 Å². The second-order valence-corrected chi connectivity index (χ2v) is 12.5. The minimum atomic E-state index is -4.46. The Morgan fingerprint density at radius 2 is 1.71 bits per heavy atom. The number of benzene rings is 3. The molecule has 3 aromatic carbocycles. The number of nitrogens with zero attached hydrogens (tertiary/aromatic N) is 1. The predicted octanol–water partition coefficient (Wildman–Crippen LogP) is 5.94. The van der Waals surface area contributed by atoms with Crippen LogP contribution in [0.5, 0.6) is 5.75 Å². The smallest absolute Gasteiger partial charge is 0.451 e. The number of thioether (sulfide) groups is 1. The maximum atomic E-state index is 11.8. The highest BCUT2D eigenvalue weighted by Crippen LogP contribution is 2.41. The van der Waals surface area contributed by atoms with Gasteiger partial charge in [-0.05, 0) is 53.1 Å². The molecule has 0 aliphatic heterocycles. The van der Waals surface area contributed by atoms with Crippen LogP contribution in [0.3, 0.4) is 0 Å². The summed E-state index contributed by atoms with van der Waals surface area (Å²) in [4.78, 5) is 28.3. The van der Waals surface area contributed by atoms with E-state index in [9.17, 15) is 23.1 Å². The van der Waals surface area contributed by atoms with E-state index in [4.69, 9.17) is 21.1 Å². The summed E-state index contributed by atoms with van der Waals surface area (Å²) in [6, 6.07) is 23.5. The molecule has 0 saturated carbocycles. The van der Waals surface area contributed by atoms with Crippen LogP contribution in [-0.4, -0.2) is 57.0 Å². The number of carbonyl (C=O) groups excluding carboxylic acids is 2. The molecular formula is C32H30ClNO9S2. The number of fused-ring (bicyclic) bond motifs is 1. The van der Waals surface area contributed by atoms with Gasteiger partial charge in [-0.3, -0.25) is 4.79 Å². The first-order chi connectivity index (χ1) is 21.6. The highest BCUT2D eigenvalue weighted by atomic mass is 35.5. The third-order valence-corrected chi connectivity index (χ3v) is 8.80. The highest BCUT2D eigenvalue weighted by Gasteiger charge is 2.25. The van der Waals surface area contributed by atoms with Gasteiger partial charge in [-0.1, -0.05) is 66.2 Å². The van der Waals surface area contributed by atoms with Crippen LogP contribution in [0.1, 0.15) is 40.2 Å². The number of rotatable bonds is 14. The van der Waals surface area contributed by atoms with Crippen molar-refractivity contribution in [3.63, 3.8) is 0 Å². The van der Waals surface area contributed by atoms with Crippen molar-refractivity contribution in [1.29, 1.82) is 0 Å². The van der Waals surface area contributed by atoms with E-state index in [1.807, 2.05) is 66.7 Å². The average Bonchev–Trinajstić information content (AvgIpc) is 3.04. The Morgan fingerprint density at radius 1 is 0.956 bits per heavy atom. The Bertz CT molecular complexity index is 1800. The van der Waals surface area contributed by atoms with Gasteiger partial charge in [0.2, 0.25) is 0 Å². The maximum absolute atomic E-state index is 11.8. The Morgan fingerprint density at radius 3 is 2.49 bits per heavy atom. The first kappa shape index (κ1) is 33.9. The van der Waals surface area contributed by atoms with Crippen molar-refractivity contribution in [3.05, 3.63) is 106 Å². The number of aliphatic hydroxyl groups excluding tert-OH is 1. The Labute approximate surface area is 270 Å². The summed E-state index contributed by atoms with van der Waals surface area (Å²) in [6.45, 7) is -0.701. The molecule has 2 atom stereocenters. The number of hydrogen-bond donors (Lipinski definition) is 1. The summed E-state index contributed by atoms with van der Waals surface area (Å²) in [5.41, 5.74) is 3.68. The predicted molar refractivity (Wildman–Crippen MR) is 173 cm³/mol. The lowest BCUT2D eigenvalue weighted by Gasteiger charge is -2.24. The molecule has 4 rings (SSSR count). The molecule has 0 bridgehead atoms. The monoisotopic (exact) mass is 671 g/mol. The molecule has 0 aliphatic carbocycles. The molecule has 0 saturated heterocycles. The molecule has 0 radical (unpaired) electrons. The van der Waals surface area contributed by atoms with Gasteiger partial charge in [0.05, 0.1) is 43.2 Å². The van der Waals surface area contributed by atoms with Gasteiger partial charge in [-0.25, -0.2) is 14.0 Å². The minimum Gasteiger partial charge on any atom is -0.482 e. The standard InChI is InChI=1S/C32H30ClNO9S2/c1-40-29(35)15-16-44-32(31(37)23-6-4-8-27(18-23)42-20-30(36)43-45(38,39)41-2)24-7-3-5-21(17-24)9-13-26-14-11-22-10-12-25(33)19-28(22)34-26/h3-14,17-19,31-32,37H,15-16,20H2,1-2H3. The van der Waals surface area contributed by atoms with E-state index in [2.05, 4.69) is 13.4 Å². The lowest BCUT2D eigenvalue weighted by atomic mass is 9.99. The number of hydrogen-bond acceptors (Lipinski definition) is 11. The number of ether oxygens (including phenoxy) is 2. The van der Waals surface area contributed by atoms with Crippen molar-refractivity contribution in [1.82, 2.24) is 4.98 Å². The number of esters is 1. The number of halogens is 1. The normalized spacial score (nSPS) is 13.0. The second-order valence-electron chi connectivity index (χ2n) is 9.53. The van der Waals surface area contributed by atoms with Crippen molar-refractivity contribution >= 4 is 68.8 Å². The second kappa shape index (κ2) is 15.9. The zero-order valence-corrected chi connectivity index (χ0v) is 26.7. The summed E-state index contributed by atoms with van der Waals surface area (Å²) in [5.74, 6) is -0.952. The van der Waals surface area contributed by atoms with E-state index in [1.165, 1.54) is 24.9 Å². The van der Waals surface area contributed by atoms with Crippen molar-refractivity contribution in [2.45, 2.75) is 17.8 Å². The van der Waals surface area contributed by atoms with E-state index >= 15 is 0 Å². The van der Waals surface area contributed by atoms with Crippen LogP contribution in [0.2, 0.25) is 5.02 Å². The maximum Gasteiger partial charge on any atom is 0.451 e. The molecule has 1 N–H and O–H groups in total. The Hall–Kier alpha value is -3.94. The Kier molecular flexibility index (Phi) is 12.0. The molecule has 0 amide bonds.